The van der Waals surface area contributed by atoms with E-state index in [1.165, 1.54) is 28.2 Å². The van der Waals surface area contributed by atoms with Crippen LogP contribution in [0.15, 0.2) is 71.4 Å². The van der Waals surface area contributed by atoms with Crippen LogP contribution in [0, 0.1) is 0 Å². The lowest BCUT2D eigenvalue weighted by Gasteiger charge is -2.19. The standard InChI is InChI=1S/C24H22N2O3S2/c1-28-18-10-11-21(29-2)19(15-18)20-16-31-24(25-20)26(23(27)22-9-6-14-30-22)13-12-17-7-4-3-5-8-17/h3-11,14-16H,12-13H2,1-2H3. The summed E-state index contributed by atoms with van der Waals surface area (Å²) in [5.41, 5.74) is 2.76. The molecule has 4 aromatic rings. The quantitative estimate of drug-likeness (QED) is 0.342. The zero-order chi connectivity index (χ0) is 21.6. The molecule has 0 aliphatic carbocycles. The summed E-state index contributed by atoms with van der Waals surface area (Å²) in [6.45, 7) is 0.545. The number of rotatable bonds is 8. The van der Waals surface area contributed by atoms with E-state index in [4.69, 9.17) is 14.5 Å². The smallest absolute Gasteiger partial charge is 0.270 e. The van der Waals surface area contributed by atoms with Crippen LogP contribution >= 0.6 is 22.7 Å². The van der Waals surface area contributed by atoms with Gasteiger partial charge in [-0.3, -0.25) is 9.69 Å². The lowest BCUT2D eigenvalue weighted by molar-refractivity contribution is 0.0991. The van der Waals surface area contributed by atoms with Crippen molar-refractivity contribution in [2.75, 3.05) is 25.7 Å². The van der Waals surface area contributed by atoms with Gasteiger partial charge in [-0.05, 0) is 41.6 Å². The topological polar surface area (TPSA) is 51.7 Å². The minimum atomic E-state index is -0.0376. The van der Waals surface area contributed by atoms with E-state index < -0.39 is 0 Å². The van der Waals surface area contributed by atoms with Crippen molar-refractivity contribution in [3.63, 3.8) is 0 Å². The highest BCUT2D eigenvalue weighted by Crippen LogP contribution is 2.36. The molecule has 0 N–H and O–H groups in total. The second-order valence-corrected chi connectivity index (χ2v) is 8.54. The normalized spacial score (nSPS) is 10.6. The Morgan fingerprint density at radius 2 is 1.84 bits per heavy atom. The molecule has 0 aliphatic rings. The Balaban J connectivity index is 1.66. The number of carbonyl (C=O) groups is 1. The highest BCUT2D eigenvalue weighted by molar-refractivity contribution is 7.14. The third-order valence-electron chi connectivity index (χ3n) is 4.85. The first-order valence-electron chi connectivity index (χ1n) is 9.77. The van der Waals surface area contributed by atoms with Crippen molar-refractivity contribution in [1.29, 1.82) is 0 Å². The number of amides is 1. The zero-order valence-corrected chi connectivity index (χ0v) is 18.9. The molecule has 0 spiro atoms. The first-order valence-corrected chi connectivity index (χ1v) is 11.5. The average molecular weight is 451 g/mol. The van der Waals surface area contributed by atoms with E-state index in [-0.39, 0.29) is 5.91 Å². The Bertz CT molecular complexity index is 1140. The van der Waals surface area contributed by atoms with E-state index in [2.05, 4.69) is 12.1 Å². The number of aromatic nitrogens is 1. The number of thiophene rings is 1. The molecule has 0 atom stereocenters. The molecule has 4 rings (SSSR count). The molecule has 31 heavy (non-hydrogen) atoms. The van der Waals surface area contributed by atoms with Crippen molar-refractivity contribution in [2.45, 2.75) is 6.42 Å². The molecular formula is C24H22N2O3S2. The van der Waals surface area contributed by atoms with Crippen molar-refractivity contribution >= 4 is 33.7 Å². The summed E-state index contributed by atoms with van der Waals surface area (Å²) in [4.78, 5) is 20.5. The number of carbonyl (C=O) groups excluding carboxylic acids is 1. The fourth-order valence-electron chi connectivity index (χ4n) is 3.23. The highest BCUT2D eigenvalue weighted by atomic mass is 32.1. The number of benzene rings is 2. The Kier molecular flexibility index (Phi) is 6.64. The van der Waals surface area contributed by atoms with Gasteiger partial charge in [-0.2, -0.15) is 0 Å². The minimum absolute atomic E-state index is 0.0376. The molecule has 0 saturated carbocycles. The summed E-state index contributed by atoms with van der Waals surface area (Å²) in [6.07, 6.45) is 0.745. The lowest BCUT2D eigenvalue weighted by atomic mass is 10.1. The van der Waals surface area contributed by atoms with Crippen LogP contribution in [0.2, 0.25) is 0 Å². The summed E-state index contributed by atoms with van der Waals surface area (Å²) in [5, 5.41) is 4.52. The molecular weight excluding hydrogens is 428 g/mol. The van der Waals surface area contributed by atoms with Crippen LogP contribution in [0.25, 0.3) is 11.3 Å². The second kappa shape index (κ2) is 9.76. The molecule has 0 aliphatic heterocycles. The molecule has 1 amide bonds. The Hall–Kier alpha value is -3.16. The van der Waals surface area contributed by atoms with Crippen LogP contribution in [0.3, 0.4) is 0 Å². The third kappa shape index (κ3) is 4.78. The number of thiazole rings is 1. The Morgan fingerprint density at radius 3 is 2.55 bits per heavy atom. The van der Waals surface area contributed by atoms with E-state index in [0.29, 0.717) is 22.3 Å². The first kappa shape index (κ1) is 21.1. The molecule has 7 heteroatoms. The van der Waals surface area contributed by atoms with Crippen LogP contribution in [0.1, 0.15) is 15.2 Å². The van der Waals surface area contributed by atoms with Crippen LogP contribution in [0.5, 0.6) is 11.5 Å². The van der Waals surface area contributed by atoms with E-state index in [0.717, 1.165) is 23.4 Å². The van der Waals surface area contributed by atoms with Gasteiger partial charge in [-0.25, -0.2) is 4.98 Å². The van der Waals surface area contributed by atoms with E-state index >= 15 is 0 Å². The monoisotopic (exact) mass is 450 g/mol. The maximum absolute atomic E-state index is 13.3. The van der Waals surface area contributed by atoms with Crippen LogP contribution in [-0.2, 0) is 6.42 Å². The predicted molar refractivity (Wildman–Crippen MR) is 127 cm³/mol. The fourth-order valence-corrected chi connectivity index (χ4v) is 4.75. The number of hydrogen-bond donors (Lipinski definition) is 0. The predicted octanol–water partition coefficient (Wildman–Crippen LogP) is 5.78. The molecule has 2 aromatic heterocycles. The van der Waals surface area contributed by atoms with Crippen molar-refractivity contribution in [3.05, 3.63) is 81.9 Å². The van der Waals surface area contributed by atoms with Crippen LogP contribution < -0.4 is 14.4 Å². The number of nitrogens with zero attached hydrogens (tertiary/aromatic N) is 2. The van der Waals surface area contributed by atoms with Gasteiger partial charge in [-0.15, -0.1) is 22.7 Å². The van der Waals surface area contributed by atoms with Crippen LogP contribution in [-0.4, -0.2) is 31.7 Å². The Morgan fingerprint density at radius 1 is 1.00 bits per heavy atom. The minimum Gasteiger partial charge on any atom is -0.497 e. The van der Waals surface area contributed by atoms with Crippen molar-refractivity contribution < 1.29 is 14.3 Å². The van der Waals surface area contributed by atoms with Crippen molar-refractivity contribution in [1.82, 2.24) is 4.98 Å². The average Bonchev–Trinajstić information content (AvgIpc) is 3.52. The summed E-state index contributed by atoms with van der Waals surface area (Å²) < 4.78 is 10.9. The van der Waals surface area contributed by atoms with Gasteiger partial charge in [0.15, 0.2) is 5.13 Å². The van der Waals surface area contributed by atoms with Gasteiger partial charge < -0.3 is 9.47 Å². The summed E-state index contributed by atoms with van der Waals surface area (Å²) >= 11 is 2.89. The summed E-state index contributed by atoms with van der Waals surface area (Å²) in [6, 6.07) is 19.5. The van der Waals surface area contributed by atoms with Gasteiger partial charge >= 0.3 is 0 Å². The van der Waals surface area contributed by atoms with Gasteiger partial charge in [0.05, 0.1) is 24.8 Å². The van der Waals surface area contributed by atoms with Crippen molar-refractivity contribution in [2.24, 2.45) is 0 Å². The van der Waals surface area contributed by atoms with E-state index in [1.54, 1.807) is 19.1 Å². The third-order valence-corrected chi connectivity index (χ3v) is 6.57. The molecule has 0 unspecified atom stereocenters. The van der Waals surface area contributed by atoms with Gasteiger partial charge in [-0.1, -0.05) is 36.4 Å². The largest absolute Gasteiger partial charge is 0.497 e. The second-order valence-electron chi connectivity index (χ2n) is 6.75. The highest BCUT2D eigenvalue weighted by Gasteiger charge is 2.22. The summed E-state index contributed by atoms with van der Waals surface area (Å²) in [5.74, 6) is 1.39. The number of methoxy groups -OCH3 is 2. The van der Waals surface area contributed by atoms with E-state index in [9.17, 15) is 4.79 Å². The summed E-state index contributed by atoms with van der Waals surface area (Å²) in [7, 11) is 3.26. The lowest BCUT2D eigenvalue weighted by Crippen LogP contribution is -2.32. The molecule has 158 valence electrons. The Labute approximate surface area is 189 Å². The van der Waals surface area contributed by atoms with Gasteiger partial charge in [0, 0.05) is 17.5 Å². The van der Waals surface area contributed by atoms with E-state index in [1.807, 2.05) is 59.3 Å². The fraction of sp³-hybridized carbons (Fsp3) is 0.167. The van der Waals surface area contributed by atoms with Gasteiger partial charge in [0.25, 0.3) is 5.91 Å². The maximum Gasteiger partial charge on any atom is 0.270 e. The number of hydrogen-bond acceptors (Lipinski definition) is 6. The molecule has 2 aromatic carbocycles. The molecule has 0 radical (unpaired) electrons. The number of ether oxygens (including phenoxy) is 2. The van der Waals surface area contributed by atoms with Crippen LogP contribution in [0.4, 0.5) is 5.13 Å². The van der Waals surface area contributed by atoms with Gasteiger partial charge in [0.2, 0.25) is 0 Å². The molecule has 5 nitrogen and oxygen atoms in total. The molecule has 0 saturated heterocycles. The maximum atomic E-state index is 13.3. The first-order chi connectivity index (χ1) is 15.2. The SMILES string of the molecule is COc1ccc(OC)c(-c2csc(N(CCc3ccccc3)C(=O)c3cccs3)n2)c1. The van der Waals surface area contributed by atoms with Crippen molar-refractivity contribution in [3.8, 4) is 22.8 Å². The number of anilines is 1. The van der Waals surface area contributed by atoms with Gasteiger partial charge in [0.1, 0.15) is 11.5 Å². The molecule has 0 fully saturated rings. The molecule has 0 bridgehead atoms. The molecule has 2 heterocycles. The zero-order valence-electron chi connectivity index (χ0n) is 17.3.